The van der Waals surface area contributed by atoms with Gasteiger partial charge in [0.2, 0.25) is 5.91 Å². The van der Waals surface area contributed by atoms with Crippen LogP contribution in [-0.2, 0) is 11.2 Å². The van der Waals surface area contributed by atoms with Gasteiger partial charge in [-0.25, -0.2) is 4.98 Å². The molecule has 0 saturated heterocycles. The molecule has 19 heavy (non-hydrogen) atoms. The van der Waals surface area contributed by atoms with Crippen molar-refractivity contribution in [3.05, 3.63) is 11.1 Å². The second kappa shape index (κ2) is 6.89. The van der Waals surface area contributed by atoms with E-state index in [1.807, 2.05) is 5.38 Å². The van der Waals surface area contributed by atoms with E-state index in [4.69, 9.17) is 5.73 Å². The van der Waals surface area contributed by atoms with Gasteiger partial charge in [0.15, 0.2) is 5.13 Å². The summed E-state index contributed by atoms with van der Waals surface area (Å²) in [6.07, 6.45) is 8.10. The fraction of sp³-hybridized carbons (Fsp3) is 0.714. The first-order valence-corrected chi connectivity index (χ1v) is 8.02. The van der Waals surface area contributed by atoms with Crippen molar-refractivity contribution in [3.8, 4) is 0 Å². The lowest BCUT2D eigenvalue weighted by molar-refractivity contribution is -0.121. The van der Waals surface area contributed by atoms with Crippen LogP contribution in [-0.4, -0.2) is 16.9 Å². The predicted molar refractivity (Wildman–Crippen MR) is 79.0 cm³/mol. The molecule has 1 aromatic rings. The van der Waals surface area contributed by atoms with Crippen molar-refractivity contribution in [2.24, 2.45) is 5.92 Å². The first kappa shape index (κ1) is 14.3. The fourth-order valence-corrected chi connectivity index (χ4v) is 3.36. The van der Waals surface area contributed by atoms with E-state index in [0.717, 1.165) is 5.69 Å². The minimum atomic E-state index is 0.0575. The van der Waals surface area contributed by atoms with E-state index in [1.165, 1.54) is 49.9 Å². The van der Waals surface area contributed by atoms with Crippen LogP contribution >= 0.6 is 11.3 Å². The highest BCUT2D eigenvalue weighted by atomic mass is 32.1. The Labute approximate surface area is 118 Å². The molecule has 1 amide bonds. The Morgan fingerprint density at radius 2 is 2.16 bits per heavy atom. The molecule has 106 valence electrons. The second-order valence-electron chi connectivity index (χ2n) is 5.46. The number of nitrogen functional groups attached to an aromatic ring is 1. The number of nitrogens with two attached hydrogens (primary N) is 1. The number of aromatic nitrogens is 1. The molecule has 1 aliphatic carbocycles. The van der Waals surface area contributed by atoms with Crippen LogP contribution in [0.25, 0.3) is 0 Å². The second-order valence-corrected chi connectivity index (χ2v) is 6.35. The van der Waals surface area contributed by atoms with Gasteiger partial charge in [0.1, 0.15) is 0 Å². The smallest absolute Gasteiger partial charge is 0.226 e. The highest BCUT2D eigenvalue weighted by Crippen LogP contribution is 2.25. The van der Waals surface area contributed by atoms with E-state index >= 15 is 0 Å². The summed E-state index contributed by atoms with van der Waals surface area (Å²) in [4.78, 5) is 16.1. The maximum Gasteiger partial charge on any atom is 0.226 e. The summed E-state index contributed by atoms with van der Waals surface area (Å²) in [6.45, 7) is 2.13. The molecule has 0 unspecified atom stereocenters. The summed E-state index contributed by atoms with van der Waals surface area (Å²) >= 11 is 1.38. The predicted octanol–water partition coefficient (Wildman–Crippen LogP) is 2.74. The molecule has 5 heteroatoms. The molecule has 0 aromatic carbocycles. The van der Waals surface area contributed by atoms with Gasteiger partial charge in [0.05, 0.1) is 12.1 Å². The number of hydrogen-bond donors (Lipinski definition) is 2. The molecule has 0 bridgehead atoms. The fourth-order valence-electron chi connectivity index (χ4n) is 2.80. The van der Waals surface area contributed by atoms with Crippen molar-refractivity contribution in [2.75, 3.05) is 5.73 Å². The molecule has 0 spiro atoms. The Morgan fingerprint density at radius 1 is 1.47 bits per heavy atom. The third kappa shape index (κ3) is 4.49. The molecule has 1 saturated carbocycles. The highest BCUT2D eigenvalue weighted by Gasteiger charge is 2.20. The third-order valence-corrected chi connectivity index (χ3v) is 4.63. The largest absolute Gasteiger partial charge is 0.375 e. The maximum atomic E-state index is 12.0. The molecule has 1 fully saturated rings. The Hall–Kier alpha value is -1.10. The number of amides is 1. The summed E-state index contributed by atoms with van der Waals surface area (Å²) in [5.41, 5.74) is 6.34. The van der Waals surface area contributed by atoms with Crippen molar-refractivity contribution in [3.63, 3.8) is 0 Å². The molecule has 1 aliphatic rings. The number of carbonyl (C=O) groups is 1. The van der Waals surface area contributed by atoms with Crippen LogP contribution in [0.15, 0.2) is 5.38 Å². The number of nitrogens with one attached hydrogen (secondary N) is 1. The number of thiazole rings is 1. The van der Waals surface area contributed by atoms with Gasteiger partial charge in [-0.3, -0.25) is 4.79 Å². The summed E-state index contributed by atoms with van der Waals surface area (Å²) < 4.78 is 0. The highest BCUT2D eigenvalue weighted by molar-refractivity contribution is 7.13. The molecule has 4 nitrogen and oxygen atoms in total. The van der Waals surface area contributed by atoms with Crippen molar-refractivity contribution >= 4 is 22.4 Å². The van der Waals surface area contributed by atoms with E-state index in [9.17, 15) is 4.79 Å². The van der Waals surface area contributed by atoms with Crippen LogP contribution in [0.2, 0.25) is 0 Å². The Bertz CT molecular complexity index is 411. The van der Waals surface area contributed by atoms with Gasteiger partial charge in [0.25, 0.3) is 0 Å². The zero-order valence-corrected chi connectivity index (χ0v) is 12.3. The van der Waals surface area contributed by atoms with Crippen molar-refractivity contribution < 1.29 is 4.79 Å². The van der Waals surface area contributed by atoms with E-state index in [2.05, 4.69) is 17.2 Å². The first-order valence-electron chi connectivity index (χ1n) is 7.14. The number of carbonyl (C=O) groups excluding carboxylic acids is 1. The van der Waals surface area contributed by atoms with Crippen molar-refractivity contribution in [2.45, 2.75) is 57.9 Å². The van der Waals surface area contributed by atoms with Crippen LogP contribution in [0.1, 0.15) is 51.1 Å². The molecule has 1 aromatic heterocycles. The normalized spacial score (nSPS) is 18.8. The molecular formula is C14H23N3OS. The van der Waals surface area contributed by atoms with Gasteiger partial charge in [-0.1, -0.05) is 25.7 Å². The summed E-state index contributed by atoms with van der Waals surface area (Å²) in [5, 5.41) is 5.50. The summed E-state index contributed by atoms with van der Waals surface area (Å²) in [6, 6.07) is 0.265. The average molecular weight is 281 g/mol. The van der Waals surface area contributed by atoms with Gasteiger partial charge in [-0.2, -0.15) is 0 Å². The van der Waals surface area contributed by atoms with Gasteiger partial charge in [0, 0.05) is 11.4 Å². The average Bonchev–Trinajstić information content (AvgIpc) is 2.64. The van der Waals surface area contributed by atoms with Crippen molar-refractivity contribution in [1.29, 1.82) is 0 Å². The standard InChI is InChI=1S/C14H23N3OS/c1-10(11-6-4-2-3-5-7-11)16-13(18)8-12-9-19-14(15)17-12/h9-11H,2-8H2,1H3,(H2,15,17)(H,16,18)/t10-/m1/s1. The topological polar surface area (TPSA) is 68.0 Å². The monoisotopic (exact) mass is 281 g/mol. The zero-order valence-electron chi connectivity index (χ0n) is 11.5. The SMILES string of the molecule is C[C@@H](NC(=O)Cc1csc(N)n1)C1CCCCCC1. The third-order valence-electron chi connectivity index (χ3n) is 3.91. The maximum absolute atomic E-state index is 12.0. The quantitative estimate of drug-likeness (QED) is 0.834. The summed E-state index contributed by atoms with van der Waals surface area (Å²) in [5.74, 6) is 0.689. The minimum absolute atomic E-state index is 0.0575. The number of rotatable bonds is 4. The number of anilines is 1. The Kier molecular flexibility index (Phi) is 5.19. The molecule has 1 heterocycles. The van der Waals surface area contributed by atoms with Gasteiger partial charge < -0.3 is 11.1 Å². The van der Waals surface area contributed by atoms with Crippen LogP contribution in [0.3, 0.4) is 0 Å². The van der Waals surface area contributed by atoms with Crippen molar-refractivity contribution in [1.82, 2.24) is 10.3 Å². The Morgan fingerprint density at radius 3 is 2.74 bits per heavy atom. The van der Waals surface area contributed by atoms with Crippen LogP contribution in [0.5, 0.6) is 0 Å². The van der Waals surface area contributed by atoms with E-state index in [1.54, 1.807) is 0 Å². The van der Waals surface area contributed by atoms with E-state index in [-0.39, 0.29) is 11.9 Å². The van der Waals surface area contributed by atoms with E-state index < -0.39 is 0 Å². The minimum Gasteiger partial charge on any atom is -0.375 e. The molecule has 0 radical (unpaired) electrons. The number of hydrogen-bond acceptors (Lipinski definition) is 4. The van der Waals surface area contributed by atoms with Crippen LogP contribution < -0.4 is 11.1 Å². The molecule has 0 aliphatic heterocycles. The van der Waals surface area contributed by atoms with E-state index in [0.29, 0.717) is 17.5 Å². The Balaban J connectivity index is 1.80. The lowest BCUT2D eigenvalue weighted by Crippen LogP contribution is -2.38. The first-order chi connectivity index (χ1) is 9.15. The lowest BCUT2D eigenvalue weighted by atomic mass is 9.93. The lowest BCUT2D eigenvalue weighted by Gasteiger charge is -2.23. The molecule has 3 N–H and O–H groups in total. The van der Waals surface area contributed by atoms with Gasteiger partial charge in [-0.15, -0.1) is 11.3 Å². The molecule has 2 rings (SSSR count). The van der Waals surface area contributed by atoms with Crippen LogP contribution in [0.4, 0.5) is 5.13 Å². The molecular weight excluding hydrogens is 258 g/mol. The zero-order chi connectivity index (χ0) is 13.7. The number of nitrogens with zero attached hydrogens (tertiary/aromatic N) is 1. The summed E-state index contributed by atoms with van der Waals surface area (Å²) in [7, 11) is 0. The van der Waals surface area contributed by atoms with Crippen LogP contribution in [0, 0.1) is 5.92 Å². The molecule has 1 atom stereocenters. The van der Waals surface area contributed by atoms with Gasteiger partial charge in [-0.05, 0) is 25.7 Å². The van der Waals surface area contributed by atoms with Gasteiger partial charge >= 0.3 is 0 Å².